The van der Waals surface area contributed by atoms with Crippen LogP contribution in [-0.2, 0) is 13.1 Å². The van der Waals surface area contributed by atoms with Crippen LogP contribution in [0.1, 0.15) is 11.4 Å². The maximum absolute atomic E-state index is 5.97. The fourth-order valence-electron chi connectivity index (χ4n) is 2.06. The monoisotopic (exact) mass is 349 g/mol. The summed E-state index contributed by atoms with van der Waals surface area (Å²) >= 11 is 9.40. The number of hydrogen-bond acceptors (Lipinski definition) is 2. The van der Waals surface area contributed by atoms with Gasteiger partial charge in [0.1, 0.15) is 5.82 Å². The second-order valence-corrected chi connectivity index (χ2v) is 5.81. The molecule has 3 nitrogen and oxygen atoms in total. The number of rotatable bonds is 4. The molecule has 0 spiro atoms. The summed E-state index contributed by atoms with van der Waals surface area (Å²) in [5.74, 6) is 0.944. The zero-order valence-electron chi connectivity index (χ0n) is 10.7. The SMILES string of the molecule is Clc1ccc(CNCc2nc3ccccc3[nH]2)cc1Br. The number of nitrogens with zero attached hydrogens (tertiary/aromatic N) is 1. The summed E-state index contributed by atoms with van der Waals surface area (Å²) in [4.78, 5) is 7.83. The molecule has 0 amide bonds. The minimum atomic E-state index is 0.703. The van der Waals surface area contributed by atoms with E-state index in [1.807, 2.05) is 42.5 Å². The van der Waals surface area contributed by atoms with Crippen LogP contribution >= 0.6 is 27.5 Å². The third kappa shape index (κ3) is 3.03. The Bertz CT molecular complexity index is 706. The molecule has 0 aliphatic heterocycles. The summed E-state index contributed by atoms with van der Waals surface area (Å²) in [6.45, 7) is 1.47. The Balaban J connectivity index is 1.63. The average molecular weight is 351 g/mol. The third-order valence-corrected chi connectivity index (χ3v) is 4.26. The number of aromatic nitrogens is 2. The summed E-state index contributed by atoms with van der Waals surface area (Å²) in [6.07, 6.45) is 0. The molecule has 0 unspecified atom stereocenters. The van der Waals surface area contributed by atoms with Crippen LogP contribution in [0.25, 0.3) is 11.0 Å². The number of para-hydroxylation sites is 2. The molecule has 0 aliphatic rings. The van der Waals surface area contributed by atoms with Crippen molar-refractivity contribution >= 4 is 38.6 Å². The van der Waals surface area contributed by atoms with Crippen molar-refractivity contribution in [2.24, 2.45) is 0 Å². The number of nitrogens with one attached hydrogen (secondary N) is 2. The minimum Gasteiger partial charge on any atom is -0.341 e. The van der Waals surface area contributed by atoms with Gasteiger partial charge in [-0.3, -0.25) is 0 Å². The van der Waals surface area contributed by atoms with E-state index in [1.54, 1.807) is 0 Å². The van der Waals surface area contributed by atoms with Crippen molar-refractivity contribution in [3.63, 3.8) is 0 Å². The molecule has 102 valence electrons. The Labute approximate surface area is 130 Å². The Morgan fingerprint density at radius 1 is 1.15 bits per heavy atom. The van der Waals surface area contributed by atoms with Gasteiger partial charge in [-0.05, 0) is 45.8 Å². The van der Waals surface area contributed by atoms with E-state index in [0.717, 1.165) is 32.9 Å². The average Bonchev–Trinajstić information content (AvgIpc) is 2.85. The number of hydrogen-bond donors (Lipinski definition) is 2. The molecule has 0 radical (unpaired) electrons. The van der Waals surface area contributed by atoms with Crippen molar-refractivity contribution in [1.29, 1.82) is 0 Å². The molecule has 0 bridgehead atoms. The summed E-state index contributed by atoms with van der Waals surface area (Å²) in [7, 11) is 0. The van der Waals surface area contributed by atoms with Gasteiger partial charge >= 0.3 is 0 Å². The van der Waals surface area contributed by atoms with Crippen molar-refractivity contribution < 1.29 is 0 Å². The molecule has 20 heavy (non-hydrogen) atoms. The van der Waals surface area contributed by atoms with Crippen molar-refractivity contribution in [3.05, 3.63) is 63.3 Å². The fourth-order valence-corrected chi connectivity index (χ4v) is 2.61. The van der Waals surface area contributed by atoms with Gasteiger partial charge in [-0.2, -0.15) is 0 Å². The number of imidazole rings is 1. The molecule has 0 saturated carbocycles. The summed E-state index contributed by atoms with van der Waals surface area (Å²) in [5, 5.41) is 4.10. The zero-order chi connectivity index (χ0) is 13.9. The lowest BCUT2D eigenvalue weighted by atomic mass is 10.2. The van der Waals surface area contributed by atoms with Crippen molar-refractivity contribution in [2.75, 3.05) is 0 Å². The second-order valence-electron chi connectivity index (χ2n) is 4.55. The van der Waals surface area contributed by atoms with Gasteiger partial charge < -0.3 is 10.3 Å². The largest absolute Gasteiger partial charge is 0.341 e. The van der Waals surface area contributed by atoms with Gasteiger partial charge in [0, 0.05) is 11.0 Å². The summed E-state index contributed by atoms with van der Waals surface area (Å²) in [5.41, 5.74) is 3.24. The highest BCUT2D eigenvalue weighted by Gasteiger charge is 2.02. The molecular formula is C15H13BrClN3. The molecule has 2 N–H and O–H groups in total. The molecule has 3 aromatic rings. The second kappa shape index (κ2) is 5.95. The van der Waals surface area contributed by atoms with Crippen molar-refractivity contribution in [2.45, 2.75) is 13.1 Å². The molecule has 0 aliphatic carbocycles. The number of H-pyrrole nitrogens is 1. The highest BCUT2D eigenvalue weighted by molar-refractivity contribution is 9.10. The van der Waals surface area contributed by atoms with Gasteiger partial charge in [0.15, 0.2) is 0 Å². The van der Waals surface area contributed by atoms with Crippen LogP contribution in [0.15, 0.2) is 46.9 Å². The lowest BCUT2D eigenvalue weighted by Crippen LogP contribution is -2.13. The molecule has 1 aromatic heterocycles. The first-order valence-electron chi connectivity index (χ1n) is 6.30. The predicted molar refractivity (Wildman–Crippen MR) is 85.8 cm³/mol. The number of aromatic amines is 1. The standard InChI is InChI=1S/C15H13BrClN3/c16-11-7-10(5-6-12(11)17)8-18-9-15-19-13-3-1-2-4-14(13)20-15/h1-7,18H,8-9H2,(H,19,20). The molecule has 0 atom stereocenters. The van der Waals surface area contributed by atoms with E-state index in [1.165, 1.54) is 5.56 Å². The number of benzene rings is 2. The number of fused-ring (bicyclic) bond motifs is 1. The van der Waals surface area contributed by atoms with E-state index in [-0.39, 0.29) is 0 Å². The van der Waals surface area contributed by atoms with Crippen LogP contribution in [0.5, 0.6) is 0 Å². The van der Waals surface area contributed by atoms with Gasteiger partial charge in [0.2, 0.25) is 0 Å². The van der Waals surface area contributed by atoms with Gasteiger partial charge in [-0.15, -0.1) is 0 Å². The van der Waals surface area contributed by atoms with E-state index in [0.29, 0.717) is 6.54 Å². The maximum atomic E-state index is 5.97. The molecule has 3 rings (SSSR count). The van der Waals surface area contributed by atoms with Crippen LogP contribution in [-0.4, -0.2) is 9.97 Å². The first-order chi connectivity index (χ1) is 9.72. The summed E-state index contributed by atoms with van der Waals surface area (Å²) < 4.78 is 0.919. The quantitative estimate of drug-likeness (QED) is 0.738. The molecule has 5 heteroatoms. The molecule has 2 aromatic carbocycles. The minimum absolute atomic E-state index is 0.703. The lowest BCUT2D eigenvalue weighted by Gasteiger charge is -2.04. The normalized spacial score (nSPS) is 11.1. The molecule has 0 fully saturated rings. The van der Waals surface area contributed by atoms with Crippen molar-refractivity contribution in [1.82, 2.24) is 15.3 Å². The maximum Gasteiger partial charge on any atom is 0.121 e. The van der Waals surface area contributed by atoms with E-state index in [9.17, 15) is 0 Å². The Kier molecular flexibility index (Phi) is 4.05. The third-order valence-electron chi connectivity index (χ3n) is 3.04. The van der Waals surface area contributed by atoms with Crippen molar-refractivity contribution in [3.8, 4) is 0 Å². The predicted octanol–water partition coefficient (Wildman–Crippen LogP) is 4.27. The molecule has 0 saturated heterocycles. The first kappa shape index (κ1) is 13.6. The topological polar surface area (TPSA) is 40.7 Å². The molecular weight excluding hydrogens is 338 g/mol. The van der Waals surface area contributed by atoms with Gasteiger partial charge in [-0.25, -0.2) is 4.98 Å². The number of halogens is 2. The van der Waals surface area contributed by atoms with Crippen LogP contribution in [0.2, 0.25) is 5.02 Å². The Morgan fingerprint density at radius 3 is 2.80 bits per heavy atom. The van der Waals surface area contributed by atoms with Gasteiger partial charge in [0.05, 0.1) is 22.6 Å². The fraction of sp³-hybridized carbons (Fsp3) is 0.133. The Morgan fingerprint density at radius 2 is 2.00 bits per heavy atom. The van der Waals surface area contributed by atoms with E-state index >= 15 is 0 Å². The van der Waals surface area contributed by atoms with E-state index in [2.05, 4.69) is 31.2 Å². The lowest BCUT2D eigenvalue weighted by molar-refractivity contribution is 0.670. The highest BCUT2D eigenvalue weighted by atomic mass is 79.9. The van der Waals surface area contributed by atoms with Crippen LogP contribution in [0, 0.1) is 0 Å². The summed E-state index contributed by atoms with van der Waals surface area (Å²) in [6, 6.07) is 14.0. The highest BCUT2D eigenvalue weighted by Crippen LogP contribution is 2.23. The van der Waals surface area contributed by atoms with Gasteiger partial charge in [0.25, 0.3) is 0 Å². The van der Waals surface area contributed by atoms with Crippen LogP contribution < -0.4 is 5.32 Å². The van der Waals surface area contributed by atoms with E-state index in [4.69, 9.17) is 11.6 Å². The molecule has 1 heterocycles. The zero-order valence-corrected chi connectivity index (χ0v) is 13.0. The van der Waals surface area contributed by atoms with Crippen LogP contribution in [0.3, 0.4) is 0 Å². The van der Waals surface area contributed by atoms with Crippen LogP contribution in [0.4, 0.5) is 0 Å². The smallest absolute Gasteiger partial charge is 0.121 e. The first-order valence-corrected chi connectivity index (χ1v) is 7.48. The van der Waals surface area contributed by atoms with E-state index < -0.39 is 0 Å². The Hall–Kier alpha value is -1.36. The van der Waals surface area contributed by atoms with Gasteiger partial charge in [-0.1, -0.05) is 29.8 Å².